The van der Waals surface area contributed by atoms with Crippen LogP contribution in [0.2, 0.25) is 0 Å². The molecule has 1 radical (unpaired) electrons. The van der Waals surface area contributed by atoms with Crippen LogP contribution >= 0.6 is 0 Å². The minimum absolute atomic E-state index is 0. The van der Waals surface area contributed by atoms with Crippen molar-refractivity contribution < 1.29 is 49.8 Å². The van der Waals surface area contributed by atoms with Crippen molar-refractivity contribution in [3.63, 3.8) is 0 Å². The number of rotatable bonds is 6. The van der Waals surface area contributed by atoms with Gasteiger partial charge in [-0.25, -0.2) is 0 Å². The molecule has 0 aliphatic rings. The van der Waals surface area contributed by atoms with Gasteiger partial charge in [0.25, 0.3) is 0 Å². The zero-order chi connectivity index (χ0) is 17.6. The summed E-state index contributed by atoms with van der Waals surface area (Å²) in [4.78, 5) is 59.9. The second kappa shape index (κ2) is 17.4. The summed E-state index contributed by atoms with van der Waals surface area (Å²) in [6, 6.07) is 0. The standard InChI is InChI=1S/3C5H7O2.Mo/c3*1-4(6)3-5(2)7;/h3*3H,1-2H3;/q3*-1;+3. The van der Waals surface area contributed by atoms with E-state index in [0.717, 1.165) is 19.3 Å². The van der Waals surface area contributed by atoms with Crippen molar-refractivity contribution in [1.29, 1.82) is 0 Å². The number of ketones is 6. The Hall–Kier alpha value is -1.68. The molecule has 0 aromatic carbocycles. The Morgan fingerprint density at radius 2 is 0.500 bits per heavy atom. The predicted molar refractivity (Wildman–Crippen MR) is 77.0 cm³/mol. The first-order chi connectivity index (χ1) is 9.38. The third-order valence-electron chi connectivity index (χ3n) is 1.22. The summed E-state index contributed by atoms with van der Waals surface area (Å²) in [6.45, 7) is 8.09. The van der Waals surface area contributed by atoms with Gasteiger partial charge in [-0.15, -0.1) is 0 Å². The molecule has 0 atom stereocenters. The molecule has 7 heteroatoms. The van der Waals surface area contributed by atoms with Gasteiger partial charge in [-0.05, 0) is 41.5 Å². The smallest absolute Gasteiger partial charge is 0.334 e. The maximum atomic E-state index is 9.98. The molecule has 0 fully saturated rings. The minimum atomic E-state index is -0.187. The van der Waals surface area contributed by atoms with E-state index in [1.807, 2.05) is 0 Å². The molecule has 6 nitrogen and oxygen atoms in total. The fourth-order valence-corrected chi connectivity index (χ4v) is 0.859. The van der Waals surface area contributed by atoms with Crippen molar-refractivity contribution in [2.75, 3.05) is 0 Å². The van der Waals surface area contributed by atoms with Crippen molar-refractivity contribution in [3.05, 3.63) is 19.3 Å². The molecule has 0 spiro atoms. The van der Waals surface area contributed by atoms with Crippen molar-refractivity contribution in [1.82, 2.24) is 0 Å². The van der Waals surface area contributed by atoms with Crippen LogP contribution in [-0.2, 0) is 49.8 Å². The van der Waals surface area contributed by atoms with Gasteiger partial charge in [0.1, 0.15) is 0 Å². The quantitative estimate of drug-likeness (QED) is 0.381. The summed E-state index contributed by atoms with van der Waals surface area (Å²) >= 11 is 0. The first kappa shape index (κ1) is 28.5. The zero-order valence-corrected chi connectivity index (χ0v) is 15.6. The van der Waals surface area contributed by atoms with Gasteiger partial charge < -0.3 is 28.8 Å². The van der Waals surface area contributed by atoms with Crippen molar-refractivity contribution in [2.24, 2.45) is 0 Å². The van der Waals surface area contributed by atoms with E-state index in [2.05, 4.69) is 0 Å². The average Bonchev–Trinajstić information content (AvgIpc) is 2.10. The molecule has 0 unspecified atom stereocenters. The van der Waals surface area contributed by atoms with E-state index < -0.39 is 0 Å². The Balaban J connectivity index is -0.000000108. The van der Waals surface area contributed by atoms with Crippen molar-refractivity contribution in [2.45, 2.75) is 41.5 Å². The number of hydrogen-bond acceptors (Lipinski definition) is 6. The van der Waals surface area contributed by atoms with Crippen molar-refractivity contribution in [3.8, 4) is 0 Å². The maximum absolute atomic E-state index is 9.98. The van der Waals surface area contributed by atoms with Crippen LogP contribution in [0.4, 0.5) is 0 Å². The van der Waals surface area contributed by atoms with Gasteiger partial charge in [0, 0.05) is 34.7 Å². The summed E-state index contributed by atoms with van der Waals surface area (Å²) in [5.74, 6) is -1.12. The third-order valence-corrected chi connectivity index (χ3v) is 1.22. The molecule has 123 valence electrons. The Morgan fingerprint density at radius 1 is 0.409 bits per heavy atom. The van der Waals surface area contributed by atoms with E-state index in [1.165, 1.54) is 41.5 Å². The molecule has 0 rings (SSSR count). The fourth-order valence-electron chi connectivity index (χ4n) is 0.859. The zero-order valence-electron chi connectivity index (χ0n) is 13.6. The summed E-state index contributed by atoms with van der Waals surface area (Å²) in [5, 5.41) is 0. The summed E-state index contributed by atoms with van der Waals surface area (Å²) < 4.78 is 0. The van der Waals surface area contributed by atoms with Crippen molar-refractivity contribution >= 4 is 34.7 Å². The second-order valence-electron chi connectivity index (χ2n) is 4.10. The summed E-state index contributed by atoms with van der Waals surface area (Å²) in [6.07, 6.45) is 3.17. The minimum Gasteiger partial charge on any atom is -0.334 e. The molecular weight excluding hydrogens is 372 g/mol. The van der Waals surface area contributed by atoms with Crippen LogP contribution < -0.4 is 0 Å². The van der Waals surface area contributed by atoms with E-state index in [0.29, 0.717) is 0 Å². The molecule has 0 saturated heterocycles. The Labute approximate surface area is 145 Å². The van der Waals surface area contributed by atoms with Gasteiger partial charge in [-0.2, -0.15) is 0 Å². The van der Waals surface area contributed by atoms with Gasteiger partial charge in [0.15, 0.2) is 0 Å². The first-order valence-corrected chi connectivity index (χ1v) is 5.96. The predicted octanol–water partition coefficient (Wildman–Crippen LogP) is 1.10. The first-order valence-electron chi connectivity index (χ1n) is 5.96. The van der Waals surface area contributed by atoms with E-state index in [9.17, 15) is 28.8 Å². The second-order valence-corrected chi connectivity index (χ2v) is 4.10. The van der Waals surface area contributed by atoms with Crippen LogP contribution in [0.25, 0.3) is 0 Å². The van der Waals surface area contributed by atoms with Gasteiger partial charge in [-0.3, -0.25) is 19.3 Å². The normalized spacial score (nSPS) is 7.36. The van der Waals surface area contributed by atoms with E-state index in [-0.39, 0.29) is 55.8 Å². The monoisotopic (exact) mass is 395 g/mol. The summed E-state index contributed by atoms with van der Waals surface area (Å²) in [7, 11) is 0. The van der Waals surface area contributed by atoms with E-state index in [1.54, 1.807) is 0 Å². The van der Waals surface area contributed by atoms with Gasteiger partial charge in [0.05, 0.1) is 0 Å². The number of carbonyl (C=O) groups excluding carboxylic acids is 6. The number of Topliss-reactive ketones (excluding diaryl/α,β-unsaturated/α-hetero) is 6. The molecule has 22 heavy (non-hydrogen) atoms. The average molecular weight is 393 g/mol. The molecule has 0 aliphatic heterocycles. The number of carbonyl (C=O) groups is 6. The molecule has 0 saturated carbocycles. The van der Waals surface area contributed by atoms with E-state index >= 15 is 0 Å². The Bertz CT molecular complexity index is 314. The van der Waals surface area contributed by atoms with Gasteiger partial charge in [-0.1, -0.05) is 0 Å². The van der Waals surface area contributed by atoms with Crippen LogP contribution in [-0.4, -0.2) is 34.7 Å². The molecule has 0 heterocycles. The molecule has 0 aliphatic carbocycles. The van der Waals surface area contributed by atoms with Crippen LogP contribution in [0, 0.1) is 19.3 Å². The van der Waals surface area contributed by atoms with E-state index in [4.69, 9.17) is 0 Å². The van der Waals surface area contributed by atoms with Gasteiger partial charge >= 0.3 is 21.1 Å². The van der Waals surface area contributed by atoms with Crippen LogP contribution in [0.3, 0.4) is 0 Å². The molecule has 0 N–H and O–H groups in total. The largest absolute Gasteiger partial charge is 3.00 e. The molecular formula is C15H21MoO6. The molecule has 0 aromatic rings. The number of hydrogen-bond donors (Lipinski definition) is 0. The molecule has 0 bridgehead atoms. The third kappa shape index (κ3) is 51.6. The van der Waals surface area contributed by atoms with Gasteiger partial charge in [0.2, 0.25) is 0 Å². The fraction of sp³-hybridized carbons (Fsp3) is 0.400. The summed E-state index contributed by atoms with van der Waals surface area (Å²) in [5.41, 5.74) is 0. The SMILES string of the molecule is CC(=O)[CH-]C(C)=O.CC(=O)[CH-]C(C)=O.CC(=O)[CH-]C(C)=O.[Mo+3]. The topological polar surface area (TPSA) is 102 Å². The Morgan fingerprint density at radius 3 is 0.500 bits per heavy atom. The Kier molecular flexibility index (Phi) is 22.5. The van der Waals surface area contributed by atoms with Crippen LogP contribution in [0.15, 0.2) is 0 Å². The van der Waals surface area contributed by atoms with Crippen LogP contribution in [0.1, 0.15) is 41.5 Å². The molecule has 0 aromatic heterocycles. The maximum Gasteiger partial charge on any atom is 3.00 e. The molecule has 0 amide bonds. The van der Waals surface area contributed by atoms with Crippen LogP contribution in [0.5, 0.6) is 0 Å².